The van der Waals surface area contributed by atoms with Crippen LogP contribution in [0.1, 0.15) is 30.1 Å². The molecule has 5 heterocycles. The van der Waals surface area contributed by atoms with Crippen molar-refractivity contribution in [1.82, 2.24) is 24.1 Å². The summed E-state index contributed by atoms with van der Waals surface area (Å²) in [6.07, 6.45) is 5.50. The van der Waals surface area contributed by atoms with Gasteiger partial charge < -0.3 is 19.3 Å². The lowest BCUT2D eigenvalue weighted by Crippen LogP contribution is -2.39. The number of hydrogen-bond donors (Lipinski definition) is 0. The molecular weight excluding hydrogens is 412 g/mol. The van der Waals surface area contributed by atoms with Crippen molar-refractivity contribution in [2.75, 3.05) is 38.3 Å². The van der Waals surface area contributed by atoms with Crippen molar-refractivity contribution in [3.8, 4) is 5.75 Å². The quantitative estimate of drug-likeness (QED) is 0.614. The molecule has 0 N–H and O–H groups in total. The number of methoxy groups -OCH3 is 1. The number of ether oxygens (including phenoxy) is 2. The Kier molecular flexibility index (Phi) is 5.30. The third kappa shape index (κ3) is 3.60. The van der Waals surface area contributed by atoms with Crippen LogP contribution >= 0.6 is 0 Å². The first-order chi connectivity index (χ1) is 15.5. The van der Waals surface area contributed by atoms with E-state index in [0.29, 0.717) is 41.8 Å². The number of carbonyl (C=O) groups excluding carboxylic acids is 1. The van der Waals surface area contributed by atoms with Crippen molar-refractivity contribution in [1.29, 1.82) is 0 Å². The Morgan fingerprint density at radius 1 is 1.31 bits per heavy atom. The van der Waals surface area contributed by atoms with Crippen LogP contribution in [-0.4, -0.2) is 63.3 Å². The molecule has 10 nitrogen and oxygen atoms in total. The number of amides is 1. The molecule has 168 valence electrons. The first kappa shape index (κ1) is 20.5. The molecule has 1 saturated heterocycles. The largest absolute Gasteiger partial charge is 0.488 e. The van der Waals surface area contributed by atoms with Gasteiger partial charge in [-0.15, -0.1) is 5.10 Å². The lowest BCUT2D eigenvalue weighted by atomic mass is 10.00. The van der Waals surface area contributed by atoms with Gasteiger partial charge in [0.15, 0.2) is 17.2 Å². The zero-order chi connectivity index (χ0) is 22.2. The van der Waals surface area contributed by atoms with Crippen LogP contribution in [0.15, 0.2) is 35.4 Å². The van der Waals surface area contributed by atoms with Gasteiger partial charge in [0.2, 0.25) is 0 Å². The lowest BCUT2D eigenvalue weighted by molar-refractivity contribution is 0.0682. The van der Waals surface area contributed by atoms with E-state index in [2.05, 4.69) is 17.0 Å². The van der Waals surface area contributed by atoms with E-state index < -0.39 is 0 Å². The summed E-state index contributed by atoms with van der Waals surface area (Å²) in [6.45, 7) is 4.87. The van der Waals surface area contributed by atoms with Gasteiger partial charge in [-0.25, -0.2) is 9.78 Å². The SMILES string of the molecule is COCn1nc2cc(N3CCOc4cc(C(=O)N5CCC[C@H](C)C5)cnc43)ccn2c1=O. The average molecular weight is 438 g/mol. The molecule has 0 aromatic carbocycles. The molecule has 0 aliphatic carbocycles. The van der Waals surface area contributed by atoms with E-state index in [0.717, 1.165) is 31.6 Å². The fourth-order valence-corrected chi connectivity index (χ4v) is 4.40. The van der Waals surface area contributed by atoms with Crippen molar-refractivity contribution < 1.29 is 14.3 Å². The van der Waals surface area contributed by atoms with E-state index in [1.807, 2.05) is 21.9 Å². The smallest absolute Gasteiger partial charge is 0.352 e. The zero-order valence-electron chi connectivity index (χ0n) is 18.2. The standard InChI is InChI=1S/C22H26N6O4/c1-15-4-3-6-25(13-15)21(29)16-10-18-20(23-12-16)26(8-9-32-18)17-5-7-27-19(11-17)24-28(14-31-2)22(27)30/h5,7,10-12,15H,3-4,6,8-9,13-14H2,1-2H3/t15-/m0/s1. The predicted molar refractivity (Wildman–Crippen MR) is 118 cm³/mol. The molecule has 1 amide bonds. The molecule has 0 radical (unpaired) electrons. The van der Waals surface area contributed by atoms with Gasteiger partial charge in [-0.05, 0) is 30.9 Å². The van der Waals surface area contributed by atoms with Gasteiger partial charge in [0.1, 0.15) is 13.3 Å². The molecule has 2 aliphatic rings. The number of hydrogen-bond acceptors (Lipinski definition) is 7. The summed E-state index contributed by atoms with van der Waals surface area (Å²) in [6, 6.07) is 5.46. The predicted octanol–water partition coefficient (Wildman–Crippen LogP) is 1.90. The molecule has 2 aliphatic heterocycles. The topological polar surface area (TPSA) is 94.2 Å². The van der Waals surface area contributed by atoms with E-state index in [1.54, 1.807) is 18.5 Å². The molecule has 3 aromatic rings. The summed E-state index contributed by atoms with van der Waals surface area (Å²) in [4.78, 5) is 33.8. The highest BCUT2D eigenvalue weighted by atomic mass is 16.5. The highest BCUT2D eigenvalue weighted by Gasteiger charge is 2.26. The third-order valence-corrected chi connectivity index (χ3v) is 5.98. The summed E-state index contributed by atoms with van der Waals surface area (Å²) in [7, 11) is 1.52. The maximum atomic E-state index is 13.0. The molecular formula is C22H26N6O4. The summed E-state index contributed by atoms with van der Waals surface area (Å²) in [5, 5.41) is 4.32. The third-order valence-electron chi connectivity index (χ3n) is 5.98. The Bertz CT molecular complexity index is 1220. The molecule has 0 spiro atoms. The average Bonchev–Trinajstić information content (AvgIpc) is 3.12. The summed E-state index contributed by atoms with van der Waals surface area (Å²) >= 11 is 0. The normalized spacial score (nSPS) is 18.5. The Balaban J connectivity index is 1.45. The minimum Gasteiger partial charge on any atom is -0.488 e. The van der Waals surface area contributed by atoms with Crippen LogP contribution in [0.3, 0.4) is 0 Å². The second kappa shape index (κ2) is 8.27. The van der Waals surface area contributed by atoms with Gasteiger partial charge in [0, 0.05) is 44.3 Å². The maximum absolute atomic E-state index is 13.0. The number of carbonyl (C=O) groups is 1. The first-order valence-electron chi connectivity index (χ1n) is 10.8. The van der Waals surface area contributed by atoms with Gasteiger partial charge in [-0.3, -0.25) is 9.20 Å². The van der Waals surface area contributed by atoms with Crippen molar-refractivity contribution in [2.24, 2.45) is 5.92 Å². The molecule has 0 saturated carbocycles. The highest BCUT2D eigenvalue weighted by Crippen LogP contribution is 2.35. The van der Waals surface area contributed by atoms with Crippen molar-refractivity contribution in [3.05, 3.63) is 46.6 Å². The number of rotatable bonds is 4. The zero-order valence-corrected chi connectivity index (χ0v) is 18.2. The minimum absolute atomic E-state index is 0.00273. The van der Waals surface area contributed by atoms with Gasteiger partial charge in [-0.2, -0.15) is 4.68 Å². The van der Waals surface area contributed by atoms with Crippen LogP contribution in [0.5, 0.6) is 5.75 Å². The van der Waals surface area contributed by atoms with Gasteiger partial charge in [-0.1, -0.05) is 6.92 Å². The van der Waals surface area contributed by atoms with Gasteiger partial charge in [0.05, 0.1) is 12.1 Å². The number of likely N-dealkylation sites (tertiary alicyclic amines) is 1. The van der Waals surface area contributed by atoms with Crippen LogP contribution < -0.4 is 15.3 Å². The number of anilines is 2. The van der Waals surface area contributed by atoms with Crippen LogP contribution in [0, 0.1) is 5.92 Å². The number of piperidine rings is 1. The minimum atomic E-state index is -0.260. The molecule has 0 unspecified atom stereocenters. The number of fused-ring (bicyclic) bond motifs is 2. The Hall–Kier alpha value is -3.40. The van der Waals surface area contributed by atoms with Gasteiger partial charge in [0.25, 0.3) is 5.91 Å². The van der Waals surface area contributed by atoms with Crippen molar-refractivity contribution >= 4 is 23.1 Å². The fraction of sp³-hybridized carbons (Fsp3) is 0.455. The summed E-state index contributed by atoms with van der Waals surface area (Å²) < 4.78 is 13.6. The summed E-state index contributed by atoms with van der Waals surface area (Å²) in [5.74, 6) is 1.73. The molecule has 5 rings (SSSR count). The molecule has 3 aromatic heterocycles. The maximum Gasteiger partial charge on any atom is 0.352 e. The first-order valence-corrected chi connectivity index (χ1v) is 10.8. The number of aromatic nitrogens is 4. The highest BCUT2D eigenvalue weighted by molar-refractivity contribution is 5.95. The second-order valence-corrected chi connectivity index (χ2v) is 8.36. The van der Waals surface area contributed by atoms with E-state index in [4.69, 9.17) is 9.47 Å². The van der Waals surface area contributed by atoms with Crippen molar-refractivity contribution in [2.45, 2.75) is 26.5 Å². The Morgan fingerprint density at radius 2 is 2.19 bits per heavy atom. The Morgan fingerprint density at radius 3 is 3.00 bits per heavy atom. The fourth-order valence-electron chi connectivity index (χ4n) is 4.40. The van der Waals surface area contributed by atoms with Crippen LogP contribution in [0.25, 0.3) is 5.65 Å². The lowest BCUT2D eigenvalue weighted by Gasteiger charge is -2.32. The van der Waals surface area contributed by atoms with Crippen molar-refractivity contribution in [3.63, 3.8) is 0 Å². The monoisotopic (exact) mass is 438 g/mol. The van der Waals surface area contributed by atoms with Gasteiger partial charge >= 0.3 is 5.69 Å². The molecule has 10 heteroatoms. The van der Waals surface area contributed by atoms with E-state index in [9.17, 15) is 9.59 Å². The molecule has 32 heavy (non-hydrogen) atoms. The van der Waals surface area contributed by atoms with E-state index >= 15 is 0 Å². The second-order valence-electron chi connectivity index (χ2n) is 8.36. The molecule has 1 fully saturated rings. The van der Waals surface area contributed by atoms with E-state index in [1.165, 1.54) is 16.2 Å². The molecule has 1 atom stereocenters. The van der Waals surface area contributed by atoms with Crippen LogP contribution in [-0.2, 0) is 11.5 Å². The number of nitrogens with zero attached hydrogens (tertiary/aromatic N) is 6. The van der Waals surface area contributed by atoms with Crippen LogP contribution in [0.4, 0.5) is 11.5 Å². The van der Waals surface area contributed by atoms with E-state index in [-0.39, 0.29) is 18.3 Å². The Labute approximate surface area is 185 Å². The number of pyridine rings is 2. The van der Waals surface area contributed by atoms with Crippen LogP contribution in [0.2, 0.25) is 0 Å². The molecule has 0 bridgehead atoms. The summed E-state index contributed by atoms with van der Waals surface area (Å²) in [5.41, 5.74) is 1.64.